The average Bonchev–Trinajstić information content (AvgIpc) is 2.94. The van der Waals surface area contributed by atoms with E-state index in [1.165, 1.54) is 11.3 Å². The highest BCUT2D eigenvalue weighted by Gasteiger charge is 2.17. The van der Waals surface area contributed by atoms with Gasteiger partial charge >= 0.3 is 0 Å². The zero-order chi connectivity index (χ0) is 11.5. The van der Waals surface area contributed by atoms with Crippen molar-refractivity contribution in [3.63, 3.8) is 0 Å². The van der Waals surface area contributed by atoms with E-state index in [1.807, 2.05) is 6.34 Å². The second-order valence-corrected chi connectivity index (χ2v) is 4.37. The van der Waals surface area contributed by atoms with Crippen LogP contribution >= 0.6 is 0 Å². The molecule has 2 aliphatic rings. The van der Waals surface area contributed by atoms with Crippen molar-refractivity contribution in [2.24, 2.45) is 4.99 Å². The fourth-order valence-electron chi connectivity index (χ4n) is 2.26. The molecule has 1 fully saturated rings. The van der Waals surface area contributed by atoms with Crippen LogP contribution in [-0.2, 0) is 4.74 Å². The highest BCUT2D eigenvalue weighted by atomic mass is 16.5. The number of ether oxygens (including phenoxy) is 1. The Morgan fingerprint density at radius 3 is 3.18 bits per heavy atom. The van der Waals surface area contributed by atoms with Crippen LogP contribution in [0, 0.1) is 0 Å². The van der Waals surface area contributed by atoms with E-state index in [4.69, 9.17) is 4.74 Å². The SMILES string of the molecule is C1=NCCN1c1cccc(C2CNCCO2)c1. The minimum atomic E-state index is 0.184. The lowest BCUT2D eigenvalue weighted by molar-refractivity contribution is 0.0277. The van der Waals surface area contributed by atoms with E-state index >= 15 is 0 Å². The minimum Gasteiger partial charge on any atom is -0.371 e. The number of hydrogen-bond acceptors (Lipinski definition) is 4. The molecule has 0 radical (unpaired) electrons. The molecule has 0 aromatic heterocycles. The van der Waals surface area contributed by atoms with E-state index in [-0.39, 0.29) is 6.10 Å². The maximum Gasteiger partial charge on any atom is 0.0950 e. The smallest absolute Gasteiger partial charge is 0.0950 e. The molecular weight excluding hydrogens is 214 g/mol. The van der Waals surface area contributed by atoms with Gasteiger partial charge in [0.25, 0.3) is 0 Å². The number of benzene rings is 1. The number of nitrogens with one attached hydrogen (secondary N) is 1. The van der Waals surface area contributed by atoms with Gasteiger partial charge in [-0.05, 0) is 17.7 Å². The first kappa shape index (κ1) is 10.7. The van der Waals surface area contributed by atoms with E-state index < -0.39 is 0 Å². The van der Waals surface area contributed by atoms with Crippen molar-refractivity contribution >= 4 is 12.0 Å². The molecule has 1 N–H and O–H groups in total. The van der Waals surface area contributed by atoms with Gasteiger partial charge in [-0.1, -0.05) is 12.1 Å². The van der Waals surface area contributed by atoms with Crippen LogP contribution in [0.15, 0.2) is 29.3 Å². The molecule has 2 heterocycles. The summed E-state index contributed by atoms with van der Waals surface area (Å²) < 4.78 is 5.77. The predicted octanol–water partition coefficient (Wildman–Crippen LogP) is 1.20. The van der Waals surface area contributed by atoms with Gasteiger partial charge in [0.15, 0.2) is 0 Å². The fourth-order valence-corrected chi connectivity index (χ4v) is 2.26. The van der Waals surface area contributed by atoms with E-state index in [1.54, 1.807) is 0 Å². The summed E-state index contributed by atoms with van der Waals surface area (Å²) in [6.07, 6.45) is 2.10. The Hall–Kier alpha value is -1.39. The Balaban J connectivity index is 1.80. The molecule has 1 atom stereocenters. The summed E-state index contributed by atoms with van der Waals surface area (Å²) in [4.78, 5) is 6.42. The molecule has 0 spiro atoms. The van der Waals surface area contributed by atoms with Gasteiger partial charge in [-0.2, -0.15) is 0 Å². The summed E-state index contributed by atoms with van der Waals surface area (Å²) in [5.74, 6) is 0. The van der Waals surface area contributed by atoms with Gasteiger partial charge in [0, 0.05) is 25.3 Å². The first-order chi connectivity index (χ1) is 8.43. The number of rotatable bonds is 2. The molecule has 1 aromatic carbocycles. The Kier molecular flexibility index (Phi) is 3.07. The standard InChI is InChI=1S/C13H17N3O/c1-2-11(13-9-14-5-7-17-13)8-12(3-1)16-6-4-15-10-16/h1-3,8,10,13-14H,4-7,9H2. The summed E-state index contributed by atoms with van der Waals surface area (Å²) >= 11 is 0. The maximum atomic E-state index is 5.77. The van der Waals surface area contributed by atoms with Gasteiger partial charge in [0.2, 0.25) is 0 Å². The molecule has 3 rings (SSSR count). The minimum absolute atomic E-state index is 0.184. The highest BCUT2D eigenvalue weighted by molar-refractivity contribution is 5.81. The van der Waals surface area contributed by atoms with Gasteiger partial charge in [-0.15, -0.1) is 0 Å². The van der Waals surface area contributed by atoms with Crippen LogP contribution in [0.4, 0.5) is 5.69 Å². The molecule has 17 heavy (non-hydrogen) atoms. The van der Waals surface area contributed by atoms with E-state index in [0.717, 1.165) is 32.8 Å². The van der Waals surface area contributed by atoms with Crippen molar-refractivity contribution in [1.82, 2.24) is 5.32 Å². The van der Waals surface area contributed by atoms with Gasteiger partial charge in [-0.25, -0.2) is 0 Å². The van der Waals surface area contributed by atoms with Crippen LogP contribution in [0.1, 0.15) is 11.7 Å². The summed E-state index contributed by atoms with van der Waals surface area (Å²) in [6.45, 7) is 4.52. The molecule has 1 aromatic rings. The zero-order valence-corrected chi connectivity index (χ0v) is 9.80. The highest BCUT2D eigenvalue weighted by Crippen LogP contribution is 2.24. The van der Waals surface area contributed by atoms with Crippen molar-refractivity contribution in [2.45, 2.75) is 6.10 Å². The van der Waals surface area contributed by atoms with Crippen molar-refractivity contribution in [1.29, 1.82) is 0 Å². The van der Waals surface area contributed by atoms with Crippen LogP contribution < -0.4 is 10.2 Å². The summed E-state index contributed by atoms with van der Waals surface area (Å²) in [7, 11) is 0. The summed E-state index contributed by atoms with van der Waals surface area (Å²) in [6, 6.07) is 8.55. The normalized spacial score (nSPS) is 24.2. The summed E-state index contributed by atoms with van der Waals surface area (Å²) in [5, 5.41) is 3.36. The molecule has 1 saturated heterocycles. The topological polar surface area (TPSA) is 36.9 Å². The van der Waals surface area contributed by atoms with Gasteiger partial charge in [0.1, 0.15) is 0 Å². The third-order valence-electron chi connectivity index (χ3n) is 3.19. The van der Waals surface area contributed by atoms with Crippen molar-refractivity contribution in [3.05, 3.63) is 29.8 Å². The van der Waals surface area contributed by atoms with Gasteiger partial charge in [-0.3, -0.25) is 4.99 Å². The third kappa shape index (κ3) is 2.33. The second kappa shape index (κ2) is 4.85. The Labute approximate surface area is 101 Å². The van der Waals surface area contributed by atoms with Crippen LogP contribution in [0.2, 0.25) is 0 Å². The van der Waals surface area contributed by atoms with Gasteiger partial charge in [0.05, 0.1) is 25.6 Å². The van der Waals surface area contributed by atoms with E-state index in [2.05, 4.69) is 39.5 Å². The van der Waals surface area contributed by atoms with Crippen LogP contribution in [0.5, 0.6) is 0 Å². The number of morpholine rings is 1. The largest absolute Gasteiger partial charge is 0.371 e. The molecule has 0 saturated carbocycles. The average molecular weight is 231 g/mol. The van der Waals surface area contributed by atoms with Gasteiger partial charge < -0.3 is 15.0 Å². The maximum absolute atomic E-state index is 5.77. The lowest BCUT2D eigenvalue weighted by Gasteiger charge is -2.25. The molecule has 4 heteroatoms. The van der Waals surface area contributed by atoms with Crippen LogP contribution in [0.25, 0.3) is 0 Å². The second-order valence-electron chi connectivity index (χ2n) is 4.37. The predicted molar refractivity (Wildman–Crippen MR) is 68.7 cm³/mol. The fraction of sp³-hybridized carbons (Fsp3) is 0.462. The molecule has 0 amide bonds. The first-order valence-corrected chi connectivity index (χ1v) is 6.12. The lowest BCUT2D eigenvalue weighted by atomic mass is 10.1. The summed E-state index contributed by atoms with van der Waals surface area (Å²) in [5.41, 5.74) is 2.45. The molecule has 1 unspecified atom stereocenters. The lowest BCUT2D eigenvalue weighted by Crippen LogP contribution is -2.33. The zero-order valence-electron chi connectivity index (χ0n) is 9.80. The van der Waals surface area contributed by atoms with E-state index in [0.29, 0.717) is 0 Å². The van der Waals surface area contributed by atoms with Crippen molar-refractivity contribution in [3.8, 4) is 0 Å². The molecule has 4 nitrogen and oxygen atoms in total. The first-order valence-electron chi connectivity index (χ1n) is 6.12. The van der Waals surface area contributed by atoms with Crippen LogP contribution in [-0.4, -0.2) is 39.1 Å². The van der Waals surface area contributed by atoms with Crippen molar-refractivity contribution < 1.29 is 4.74 Å². The van der Waals surface area contributed by atoms with Crippen molar-refractivity contribution in [2.75, 3.05) is 37.7 Å². The third-order valence-corrected chi connectivity index (χ3v) is 3.19. The molecule has 2 aliphatic heterocycles. The number of anilines is 1. The molecular formula is C13H17N3O. The van der Waals surface area contributed by atoms with Crippen LogP contribution in [0.3, 0.4) is 0 Å². The quantitative estimate of drug-likeness (QED) is 0.831. The molecule has 0 aliphatic carbocycles. The molecule has 90 valence electrons. The van der Waals surface area contributed by atoms with E-state index in [9.17, 15) is 0 Å². The Morgan fingerprint density at radius 1 is 1.41 bits per heavy atom. The Morgan fingerprint density at radius 2 is 2.41 bits per heavy atom. The monoisotopic (exact) mass is 231 g/mol. The molecule has 0 bridgehead atoms. The number of nitrogens with zero attached hydrogens (tertiary/aromatic N) is 2. The number of aliphatic imine (C=N–C) groups is 1. The Bertz CT molecular complexity index is 413. The number of hydrogen-bond donors (Lipinski definition) is 1.